The van der Waals surface area contributed by atoms with E-state index in [1.165, 1.54) is 5.56 Å². The molecule has 5 nitrogen and oxygen atoms in total. The van der Waals surface area contributed by atoms with Crippen LogP contribution >= 0.6 is 0 Å². The summed E-state index contributed by atoms with van der Waals surface area (Å²) in [6, 6.07) is 12.2. The molecule has 1 aromatic carbocycles. The van der Waals surface area contributed by atoms with Crippen molar-refractivity contribution < 1.29 is 4.84 Å². The molecule has 0 spiro atoms. The van der Waals surface area contributed by atoms with Crippen LogP contribution in [0, 0.1) is 6.92 Å². The summed E-state index contributed by atoms with van der Waals surface area (Å²) in [5.41, 5.74) is 10.3. The summed E-state index contributed by atoms with van der Waals surface area (Å²) in [6.45, 7) is 2.87. The van der Waals surface area contributed by atoms with Crippen LogP contribution in [0.4, 0.5) is 0 Å². The van der Waals surface area contributed by atoms with Crippen molar-refractivity contribution in [2.45, 2.75) is 6.92 Å². The number of hydrogen-bond donors (Lipinski definition) is 2. The maximum atomic E-state index is 5.46. The molecule has 3 rings (SSSR count). The molecule has 0 saturated heterocycles. The van der Waals surface area contributed by atoms with Gasteiger partial charge >= 0.3 is 0 Å². The van der Waals surface area contributed by atoms with Gasteiger partial charge in [-0.25, -0.2) is 0 Å². The first-order valence-corrected chi connectivity index (χ1v) is 7.18. The topological polar surface area (TPSA) is 76.3 Å². The second kappa shape index (κ2) is 6.41. The Morgan fingerprint density at radius 3 is 2.82 bits per heavy atom. The van der Waals surface area contributed by atoms with Crippen molar-refractivity contribution in [1.29, 1.82) is 0 Å². The highest BCUT2D eigenvalue weighted by atomic mass is 16.6. The molecule has 112 valence electrons. The SMILES string of the molecule is Cc1ccc(/C(=N\OCCN)c2cc3ccncc3[nH]2)cc1. The van der Waals surface area contributed by atoms with Gasteiger partial charge < -0.3 is 15.6 Å². The number of nitrogens with zero attached hydrogens (tertiary/aromatic N) is 2. The molecule has 0 atom stereocenters. The van der Waals surface area contributed by atoms with E-state index < -0.39 is 0 Å². The molecule has 0 fully saturated rings. The second-order valence-corrected chi connectivity index (χ2v) is 5.07. The zero-order chi connectivity index (χ0) is 15.4. The zero-order valence-corrected chi connectivity index (χ0v) is 12.4. The minimum Gasteiger partial charge on any atom is -0.394 e. The van der Waals surface area contributed by atoms with Crippen LogP contribution in [0.25, 0.3) is 10.9 Å². The van der Waals surface area contributed by atoms with Gasteiger partial charge in [0.15, 0.2) is 0 Å². The van der Waals surface area contributed by atoms with Crippen molar-refractivity contribution in [3.8, 4) is 0 Å². The van der Waals surface area contributed by atoms with Gasteiger partial charge in [-0.2, -0.15) is 0 Å². The molecular formula is C17H18N4O. The van der Waals surface area contributed by atoms with E-state index in [1.807, 2.05) is 24.3 Å². The highest BCUT2D eigenvalue weighted by Crippen LogP contribution is 2.18. The summed E-state index contributed by atoms with van der Waals surface area (Å²) in [5.74, 6) is 0. The Kier molecular flexibility index (Phi) is 4.16. The summed E-state index contributed by atoms with van der Waals surface area (Å²) in [5, 5.41) is 5.35. The monoisotopic (exact) mass is 294 g/mol. The number of rotatable bonds is 5. The molecule has 0 radical (unpaired) electrons. The Labute approximate surface area is 128 Å². The summed E-state index contributed by atoms with van der Waals surface area (Å²) < 4.78 is 0. The predicted molar refractivity (Wildman–Crippen MR) is 87.9 cm³/mol. The van der Waals surface area contributed by atoms with Gasteiger partial charge in [-0.1, -0.05) is 35.0 Å². The van der Waals surface area contributed by atoms with Gasteiger partial charge in [0.05, 0.1) is 17.4 Å². The summed E-state index contributed by atoms with van der Waals surface area (Å²) >= 11 is 0. The number of aromatic amines is 1. The van der Waals surface area contributed by atoms with E-state index in [4.69, 9.17) is 10.6 Å². The average Bonchev–Trinajstić information content (AvgIpc) is 2.96. The van der Waals surface area contributed by atoms with Gasteiger partial charge in [-0.05, 0) is 19.1 Å². The Hall–Kier alpha value is -2.66. The van der Waals surface area contributed by atoms with Crippen molar-refractivity contribution in [3.05, 3.63) is 65.6 Å². The number of hydrogen-bond acceptors (Lipinski definition) is 4. The maximum Gasteiger partial charge on any atom is 0.133 e. The van der Waals surface area contributed by atoms with E-state index in [-0.39, 0.29) is 0 Å². The van der Waals surface area contributed by atoms with E-state index in [2.05, 4.69) is 34.2 Å². The maximum absolute atomic E-state index is 5.46. The van der Waals surface area contributed by atoms with Crippen LogP contribution in [-0.2, 0) is 4.84 Å². The van der Waals surface area contributed by atoms with Crippen LogP contribution in [0.15, 0.2) is 53.9 Å². The van der Waals surface area contributed by atoms with Gasteiger partial charge in [0, 0.05) is 23.7 Å². The molecule has 0 amide bonds. The molecule has 0 saturated carbocycles. The number of benzene rings is 1. The van der Waals surface area contributed by atoms with Gasteiger partial charge in [0.25, 0.3) is 0 Å². The molecule has 0 unspecified atom stereocenters. The molecule has 0 aliphatic heterocycles. The highest BCUT2D eigenvalue weighted by molar-refractivity contribution is 6.13. The first kappa shape index (κ1) is 14.3. The lowest BCUT2D eigenvalue weighted by Gasteiger charge is -2.05. The van der Waals surface area contributed by atoms with Crippen molar-refractivity contribution in [3.63, 3.8) is 0 Å². The predicted octanol–water partition coefficient (Wildman–Crippen LogP) is 2.60. The largest absolute Gasteiger partial charge is 0.394 e. The lowest BCUT2D eigenvalue weighted by molar-refractivity contribution is 0.152. The standard InChI is InChI=1S/C17H18N4O/c1-12-2-4-13(5-3-12)17(21-22-9-7-18)15-10-14-6-8-19-11-16(14)20-15/h2-6,8,10-11,20H,7,9,18H2,1H3/b21-17+. The Balaban J connectivity index is 2.04. The second-order valence-electron chi connectivity index (χ2n) is 5.07. The number of aryl methyl sites for hydroxylation is 1. The number of oxime groups is 1. The average molecular weight is 294 g/mol. The van der Waals surface area contributed by atoms with Crippen LogP contribution in [-0.4, -0.2) is 28.8 Å². The first-order chi connectivity index (χ1) is 10.8. The molecular weight excluding hydrogens is 276 g/mol. The smallest absolute Gasteiger partial charge is 0.133 e. The summed E-state index contributed by atoms with van der Waals surface area (Å²) in [4.78, 5) is 12.8. The van der Waals surface area contributed by atoms with Crippen LogP contribution in [0.2, 0.25) is 0 Å². The van der Waals surface area contributed by atoms with E-state index in [0.717, 1.165) is 27.9 Å². The number of H-pyrrole nitrogens is 1. The minimum atomic E-state index is 0.386. The molecule has 0 aliphatic rings. The third kappa shape index (κ3) is 2.99. The van der Waals surface area contributed by atoms with Crippen molar-refractivity contribution in [2.24, 2.45) is 10.9 Å². The van der Waals surface area contributed by atoms with E-state index >= 15 is 0 Å². The van der Waals surface area contributed by atoms with E-state index in [9.17, 15) is 0 Å². The Bertz CT molecular complexity index is 757. The summed E-state index contributed by atoms with van der Waals surface area (Å²) in [7, 11) is 0. The molecule has 3 aromatic rings. The fraction of sp³-hybridized carbons (Fsp3) is 0.176. The van der Waals surface area contributed by atoms with Gasteiger partial charge in [0.1, 0.15) is 12.3 Å². The first-order valence-electron chi connectivity index (χ1n) is 7.18. The molecule has 3 N–H and O–H groups in total. The number of nitrogens with one attached hydrogen (secondary N) is 1. The number of fused-ring (bicyclic) bond motifs is 1. The lowest BCUT2D eigenvalue weighted by atomic mass is 10.1. The van der Waals surface area contributed by atoms with Gasteiger partial charge in [0.2, 0.25) is 0 Å². The quantitative estimate of drug-likeness (QED) is 0.431. The molecule has 5 heteroatoms. The van der Waals surface area contributed by atoms with Crippen molar-refractivity contribution in [1.82, 2.24) is 9.97 Å². The number of nitrogens with two attached hydrogens (primary N) is 1. The van der Waals surface area contributed by atoms with E-state index in [0.29, 0.717) is 13.2 Å². The molecule has 2 aromatic heterocycles. The zero-order valence-electron chi connectivity index (χ0n) is 12.4. The summed E-state index contributed by atoms with van der Waals surface area (Å²) in [6.07, 6.45) is 3.57. The fourth-order valence-corrected chi connectivity index (χ4v) is 2.23. The van der Waals surface area contributed by atoms with Crippen LogP contribution < -0.4 is 5.73 Å². The fourth-order valence-electron chi connectivity index (χ4n) is 2.23. The minimum absolute atomic E-state index is 0.386. The van der Waals surface area contributed by atoms with Crippen molar-refractivity contribution >= 4 is 16.6 Å². The third-order valence-electron chi connectivity index (χ3n) is 3.37. The third-order valence-corrected chi connectivity index (χ3v) is 3.37. The van der Waals surface area contributed by atoms with Crippen LogP contribution in [0.5, 0.6) is 0 Å². The Morgan fingerprint density at radius 2 is 2.09 bits per heavy atom. The lowest BCUT2D eigenvalue weighted by Crippen LogP contribution is -2.09. The normalized spacial score (nSPS) is 11.8. The molecule has 0 aliphatic carbocycles. The van der Waals surface area contributed by atoms with E-state index in [1.54, 1.807) is 12.4 Å². The highest BCUT2D eigenvalue weighted by Gasteiger charge is 2.11. The molecule has 0 bridgehead atoms. The van der Waals surface area contributed by atoms with Crippen LogP contribution in [0.3, 0.4) is 0 Å². The number of pyridine rings is 1. The Morgan fingerprint density at radius 1 is 1.27 bits per heavy atom. The van der Waals surface area contributed by atoms with Crippen LogP contribution in [0.1, 0.15) is 16.8 Å². The molecule has 22 heavy (non-hydrogen) atoms. The van der Waals surface area contributed by atoms with Gasteiger partial charge in [-0.3, -0.25) is 4.98 Å². The van der Waals surface area contributed by atoms with Crippen molar-refractivity contribution in [2.75, 3.05) is 13.2 Å². The number of aromatic nitrogens is 2. The van der Waals surface area contributed by atoms with Gasteiger partial charge in [-0.15, -0.1) is 0 Å². The molecule has 2 heterocycles.